The molecule has 3 saturated heterocycles. The van der Waals surface area contributed by atoms with Crippen LogP contribution < -0.4 is 0 Å². The standard InChI is InChI=1S/C17H26N2O2/c1-2-7-19(6-1)16-11-17(21-14-16)4-8-18(9-5-17)12-15-3-10-20-13-15/h3,10,13,16H,1-2,4-9,11-12,14H2/t16-/m0/s1. The van der Waals surface area contributed by atoms with Crippen LogP contribution in [0.2, 0.25) is 0 Å². The minimum atomic E-state index is 0.181. The second kappa shape index (κ2) is 5.75. The lowest BCUT2D eigenvalue weighted by Gasteiger charge is -2.38. The summed E-state index contributed by atoms with van der Waals surface area (Å²) in [4.78, 5) is 5.19. The van der Waals surface area contributed by atoms with Crippen LogP contribution in [0.15, 0.2) is 23.0 Å². The molecule has 3 aliphatic heterocycles. The monoisotopic (exact) mass is 290 g/mol. The summed E-state index contributed by atoms with van der Waals surface area (Å²) in [6, 6.07) is 2.76. The van der Waals surface area contributed by atoms with Gasteiger partial charge in [0.1, 0.15) is 0 Å². The first-order chi connectivity index (χ1) is 10.3. The molecule has 116 valence electrons. The van der Waals surface area contributed by atoms with Crippen LogP contribution in [-0.4, -0.2) is 54.2 Å². The average Bonchev–Trinajstić information content (AvgIpc) is 3.23. The molecule has 0 unspecified atom stereocenters. The van der Waals surface area contributed by atoms with Gasteiger partial charge in [0.25, 0.3) is 0 Å². The number of furan rings is 1. The predicted molar refractivity (Wildman–Crippen MR) is 81.1 cm³/mol. The first kappa shape index (κ1) is 13.8. The zero-order chi connectivity index (χ0) is 14.1. The summed E-state index contributed by atoms with van der Waals surface area (Å²) in [5.41, 5.74) is 1.47. The van der Waals surface area contributed by atoms with Gasteiger partial charge in [-0.05, 0) is 51.3 Å². The molecule has 0 radical (unpaired) electrons. The first-order valence-electron chi connectivity index (χ1n) is 8.44. The van der Waals surface area contributed by atoms with Crippen molar-refractivity contribution in [2.75, 3.05) is 32.8 Å². The molecule has 1 aromatic heterocycles. The van der Waals surface area contributed by atoms with E-state index in [1.807, 2.05) is 6.26 Å². The maximum atomic E-state index is 6.30. The number of hydrogen-bond acceptors (Lipinski definition) is 4. The third-order valence-corrected chi connectivity index (χ3v) is 5.60. The van der Waals surface area contributed by atoms with Crippen LogP contribution >= 0.6 is 0 Å². The van der Waals surface area contributed by atoms with Crippen LogP contribution in [0.1, 0.15) is 37.7 Å². The molecule has 21 heavy (non-hydrogen) atoms. The van der Waals surface area contributed by atoms with Gasteiger partial charge < -0.3 is 9.15 Å². The van der Waals surface area contributed by atoms with Gasteiger partial charge in [-0.1, -0.05) is 0 Å². The summed E-state index contributed by atoms with van der Waals surface area (Å²) in [5, 5.41) is 0. The number of rotatable bonds is 3. The van der Waals surface area contributed by atoms with Crippen molar-refractivity contribution in [3.63, 3.8) is 0 Å². The lowest BCUT2D eigenvalue weighted by atomic mass is 9.87. The lowest BCUT2D eigenvalue weighted by molar-refractivity contribution is -0.0452. The minimum absolute atomic E-state index is 0.181. The molecule has 0 aromatic carbocycles. The summed E-state index contributed by atoms with van der Waals surface area (Å²) in [5.74, 6) is 0. The minimum Gasteiger partial charge on any atom is -0.472 e. The van der Waals surface area contributed by atoms with Crippen molar-refractivity contribution >= 4 is 0 Å². The predicted octanol–water partition coefficient (Wildman–Crippen LogP) is 2.50. The van der Waals surface area contributed by atoms with E-state index in [1.165, 1.54) is 50.8 Å². The fraction of sp³-hybridized carbons (Fsp3) is 0.765. The Bertz CT molecular complexity index is 445. The van der Waals surface area contributed by atoms with Gasteiger partial charge in [0.05, 0.1) is 24.7 Å². The Morgan fingerprint density at radius 2 is 1.95 bits per heavy atom. The highest BCUT2D eigenvalue weighted by Crippen LogP contribution is 2.38. The molecule has 4 rings (SSSR count). The normalized spacial score (nSPS) is 30.4. The van der Waals surface area contributed by atoms with Crippen LogP contribution in [0.25, 0.3) is 0 Å². The van der Waals surface area contributed by atoms with Crippen molar-refractivity contribution in [2.24, 2.45) is 0 Å². The van der Waals surface area contributed by atoms with Gasteiger partial charge in [-0.3, -0.25) is 9.80 Å². The van der Waals surface area contributed by atoms with Gasteiger partial charge in [-0.15, -0.1) is 0 Å². The number of ether oxygens (including phenoxy) is 1. The number of hydrogen-bond donors (Lipinski definition) is 0. The van der Waals surface area contributed by atoms with Crippen LogP contribution in [0.5, 0.6) is 0 Å². The molecule has 0 saturated carbocycles. The van der Waals surface area contributed by atoms with Crippen LogP contribution in [0.3, 0.4) is 0 Å². The maximum Gasteiger partial charge on any atom is 0.0947 e. The Labute approximate surface area is 127 Å². The van der Waals surface area contributed by atoms with Gasteiger partial charge in [0.15, 0.2) is 0 Å². The second-order valence-electron chi connectivity index (χ2n) is 7.00. The largest absolute Gasteiger partial charge is 0.472 e. The molecule has 4 heteroatoms. The number of piperidine rings is 1. The molecule has 0 aliphatic carbocycles. The smallest absolute Gasteiger partial charge is 0.0947 e. The Kier molecular flexibility index (Phi) is 3.78. The number of likely N-dealkylation sites (tertiary alicyclic amines) is 2. The van der Waals surface area contributed by atoms with E-state index in [2.05, 4.69) is 15.9 Å². The SMILES string of the molecule is c1cc(CN2CCC3(CC2)C[C@H](N2CCCC2)CO3)co1. The summed E-state index contributed by atoms with van der Waals surface area (Å²) in [6.07, 6.45) is 10.0. The molecule has 4 heterocycles. The molecule has 3 aliphatic rings. The highest BCUT2D eigenvalue weighted by molar-refractivity contribution is 5.06. The van der Waals surface area contributed by atoms with Gasteiger partial charge >= 0.3 is 0 Å². The molecule has 1 spiro atoms. The van der Waals surface area contributed by atoms with Crippen molar-refractivity contribution in [2.45, 2.75) is 50.3 Å². The van der Waals surface area contributed by atoms with Crippen molar-refractivity contribution in [3.8, 4) is 0 Å². The number of nitrogens with zero attached hydrogens (tertiary/aromatic N) is 2. The molecule has 0 bridgehead atoms. The van der Waals surface area contributed by atoms with E-state index >= 15 is 0 Å². The Hall–Kier alpha value is -0.840. The van der Waals surface area contributed by atoms with E-state index < -0.39 is 0 Å². The summed E-state index contributed by atoms with van der Waals surface area (Å²) in [6.45, 7) is 6.85. The fourth-order valence-electron chi connectivity index (χ4n) is 4.27. The average molecular weight is 290 g/mol. The molecule has 4 nitrogen and oxygen atoms in total. The van der Waals surface area contributed by atoms with E-state index in [0.29, 0.717) is 6.04 Å². The van der Waals surface area contributed by atoms with Crippen molar-refractivity contribution in [1.82, 2.24) is 9.80 Å². The Balaban J connectivity index is 1.30. The maximum absolute atomic E-state index is 6.30. The van der Waals surface area contributed by atoms with Gasteiger partial charge in [0.2, 0.25) is 0 Å². The van der Waals surface area contributed by atoms with Crippen LogP contribution in [-0.2, 0) is 11.3 Å². The van der Waals surface area contributed by atoms with Crippen molar-refractivity contribution < 1.29 is 9.15 Å². The molecule has 0 N–H and O–H groups in total. The van der Waals surface area contributed by atoms with E-state index in [1.54, 1.807) is 6.26 Å². The van der Waals surface area contributed by atoms with Gasteiger partial charge in [-0.25, -0.2) is 0 Å². The molecule has 1 atom stereocenters. The lowest BCUT2D eigenvalue weighted by Crippen LogP contribution is -2.44. The van der Waals surface area contributed by atoms with Gasteiger partial charge in [-0.2, -0.15) is 0 Å². The highest BCUT2D eigenvalue weighted by atomic mass is 16.5. The highest BCUT2D eigenvalue weighted by Gasteiger charge is 2.44. The topological polar surface area (TPSA) is 28.9 Å². The molecule has 0 amide bonds. The van der Waals surface area contributed by atoms with E-state index in [0.717, 1.165) is 26.2 Å². The second-order valence-corrected chi connectivity index (χ2v) is 7.00. The Morgan fingerprint density at radius 1 is 1.14 bits per heavy atom. The molecule has 3 fully saturated rings. The quantitative estimate of drug-likeness (QED) is 0.855. The fourth-order valence-corrected chi connectivity index (χ4v) is 4.27. The molecular weight excluding hydrogens is 264 g/mol. The third kappa shape index (κ3) is 2.89. The van der Waals surface area contributed by atoms with Crippen molar-refractivity contribution in [3.05, 3.63) is 24.2 Å². The van der Waals surface area contributed by atoms with Gasteiger partial charge in [0, 0.05) is 31.2 Å². The summed E-state index contributed by atoms with van der Waals surface area (Å²) >= 11 is 0. The van der Waals surface area contributed by atoms with E-state index in [-0.39, 0.29) is 5.60 Å². The van der Waals surface area contributed by atoms with Crippen LogP contribution in [0.4, 0.5) is 0 Å². The first-order valence-corrected chi connectivity index (χ1v) is 8.44. The van der Waals surface area contributed by atoms with E-state index in [9.17, 15) is 0 Å². The zero-order valence-corrected chi connectivity index (χ0v) is 12.8. The Morgan fingerprint density at radius 3 is 2.67 bits per heavy atom. The zero-order valence-electron chi connectivity index (χ0n) is 12.8. The molecule has 1 aromatic rings. The summed E-state index contributed by atoms with van der Waals surface area (Å²) in [7, 11) is 0. The van der Waals surface area contributed by atoms with Crippen LogP contribution in [0, 0.1) is 0 Å². The molecular formula is C17H26N2O2. The van der Waals surface area contributed by atoms with Crippen molar-refractivity contribution in [1.29, 1.82) is 0 Å². The third-order valence-electron chi connectivity index (χ3n) is 5.60. The summed E-state index contributed by atoms with van der Waals surface area (Å²) < 4.78 is 11.5. The van der Waals surface area contributed by atoms with E-state index in [4.69, 9.17) is 9.15 Å².